The predicted molar refractivity (Wildman–Crippen MR) is 133 cm³/mol. The van der Waals surface area contributed by atoms with E-state index in [1.807, 2.05) is 42.5 Å². The van der Waals surface area contributed by atoms with E-state index >= 15 is 0 Å². The minimum absolute atomic E-state index is 0.0217. The van der Waals surface area contributed by atoms with Gasteiger partial charge < -0.3 is 19.5 Å². The van der Waals surface area contributed by atoms with E-state index in [1.54, 1.807) is 18.2 Å². The molecule has 1 N–H and O–H groups in total. The van der Waals surface area contributed by atoms with Crippen molar-refractivity contribution in [3.63, 3.8) is 0 Å². The largest absolute Gasteiger partial charge is 0.497 e. The maximum Gasteiger partial charge on any atom is 0.330 e. The van der Waals surface area contributed by atoms with Crippen molar-refractivity contribution in [2.45, 2.75) is 18.9 Å². The summed E-state index contributed by atoms with van der Waals surface area (Å²) in [6.45, 7) is -0.597. The van der Waals surface area contributed by atoms with Gasteiger partial charge in [-0.2, -0.15) is 0 Å². The van der Waals surface area contributed by atoms with Crippen LogP contribution in [0.4, 0.5) is 5.69 Å². The van der Waals surface area contributed by atoms with Crippen LogP contribution in [0.25, 0.3) is 0 Å². The summed E-state index contributed by atoms with van der Waals surface area (Å²) in [6.07, 6.45) is 4.90. The van der Waals surface area contributed by atoms with Gasteiger partial charge in [0.05, 0.1) is 31.7 Å². The second-order valence-corrected chi connectivity index (χ2v) is 9.47. The summed E-state index contributed by atoms with van der Waals surface area (Å²) < 4.78 is 15.8. The zero-order valence-corrected chi connectivity index (χ0v) is 20.6. The third-order valence-electron chi connectivity index (χ3n) is 7.39. The van der Waals surface area contributed by atoms with E-state index in [-0.39, 0.29) is 30.1 Å². The molecule has 2 fully saturated rings. The lowest BCUT2D eigenvalue weighted by Gasteiger charge is -2.26. The van der Waals surface area contributed by atoms with Crippen LogP contribution in [0.1, 0.15) is 12.0 Å². The average Bonchev–Trinajstić information content (AvgIpc) is 3.60. The number of carbonyl (C=O) groups excluding carboxylic acids is 4. The molecule has 1 aliphatic heterocycles. The standard InChI is InChI=1S/C28H28N2O7/c1-35-19-10-11-22(36-2)20(14-19)29-23(31)15-37-28(34)21(12-16-6-4-3-5-7-16)30-26(32)24-17-8-9-18(13-17)25(24)27(30)33/h3-11,14,17-18,21,24-25H,12-13,15H2,1-2H3,(H,29,31)/t17-,18-,21-,24-,25-/m0/s1. The van der Waals surface area contributed by atoms with Gasteiger partial charge in [0, 0.05) is 12.5 Å². The Balaban J connectivity index is 1.31. The van der Waals surface area contributed by atoms with Crippen LogP contribution in [0.5, 0.6) is 11.5 Å². The maximum absolute atomic E-state index is 13.4. The summed E-state index contributed by atoms with van der Waals surface area (Å²) in [5.74, 6) is -1.99. The average molecular weight is 505 g/mol. The van der Waals surface area contributed by atoms with E-state index < -0.39 is 36.4 Å². The molecule has 9 heteroatoms. The Bertz CT molecular complexity index is 1230. The summed E-state index contributed by atoms with van der Waals surface area (Å²) in [4.78, 5) is 53.8. The van der Waals surface area contributed by atoms with Crippen molar-refractivity contribution in [1.29, 1.82) is 0 Å². The fourth-order valence-electron chi connectivity index (χ4n) is 5.68. The van der Waals surface area contributed by atoms with Gasteiger partial charge in [0.1, 0.15) is 17.5 Å². The summed E-state index contributed by atoms with van der Waals surface area (Å²) in [5.41, 5.74) is 1.12. The van der Waals surface area contributed by atoms with E-state index in [0.717, 1.165) is 16.9 Å². The lowest BCUT2D eigenvalue weighted by Crippen LogP contribution is -2.48. The number of anilines is 1. The molecule has 3 amide bonds. The van der Waals surface area contributed by atoms with E-state index in [1.165, 1.54) is 14.2 Å². The van der Waals surface area contributed by atoms with Gasteiger partial charge in [-0.25, -0.2) is 4.79 Å². The minimum atomic E-state index is -1.16. The lowest BCUT2D eigenvalue weighted by molar-refractivity contribution is -0.160. The van der Waals surface area contributed by atoms with Gasteiger partial charge in [0.2, 0.25) is 11.8 Å². The van der Waals surface area contributed by atoms with Gasteiger partial charge in [0.25, 0.3) is 5.91 Å². The second-order valence-electron chi connectivity index (χ2n) is 9.47. The van der Waals surface area contributed by atoms with Crippen LogP contribution in [0, 0.1) is 23.7 Å². The van der Waals surface area contributed by atoms with Gasteiger partial charge >= 0.3 is 5.97 Å². The number of fused-ring (bicyclic) bond motifs is 5. The Hall–Kier alpha value is -4.14. The molecule has 1 heterocycles. The highest BCUT2D eigenvalue weighted by Gasteiger charge is 2.61. The molecule has 2 aromatic carbocycles. The third-order valence-corrected chi connectivity index (χ3v) is 7.39. The van der Waals surface area contributed by atoms with E-state index in [0.29, 0.717) is 17.2 Å². The molecule has 9 nitrogen and oxygen atoms in total. The van der Waals surface area contributed by atoms with E-state index in [4.69, 9.17) is 14.2 Å². The normalized spacial score (nSPS) is 24.1. The van der Waals surface area contributed by atoms with Crippen LogP contribution in [0.2, 0.25) is 0 Å². The highest BCUT2D eigenvalue weighted by atomic mass is 16.5. The molecule has 0 spiro atoms. The highest BCUT2D eigenvalue weighted by molar-refractivity contribution is 6.09. The quantitative estimate of drug-likeness (QED) is 0.317. The molecule has 2 bridgehead atoms. The number of esters is 1. The zero-order valence-electron chi connectivity index (χ0n) is 20.6. The fourth-order valence-corrected chi connectivity index (χ4v) is 5.68. The summed E-state index contributed by atoms with van der Waals surface area (Å²) in [7, 11) is 2.96. The first-order chi connectivity index (χ1) is 17.9. The van der Waals surface area contributed by atoms with Gasteiger partial charge in [-0.15, -0.1) is 0 Å². The maximum atomic E-state index is 13.4. The van der Waals surface area contributed by atoms with Crippen LogP contribution in [-0.2, 0) is 30.3 Å². The van der Waals surface area contributed by atoms with Crippen molar-refractivity contribution in [3.8, 4) is 11.5 Å². The highest BCUT2D eigenvalue weighted by Crippen LogP contribution is 2.53. The van der Waals surface area contributed by atoms with Crippen LogP contribution in [0.3, 0.4) is 0 Å². The fraction of sp³-hybridized carbons (Fsp3) is 0.357. The Kier molecular flexibility index (Phi) is 6.69. The Morgan fingerprint density at radius 2 is 1.65 bits per heavy atom. The molecule has 5 atom stereocenters. The van der Waals surface area contributed by atoms with Crippen LogP contribution in [0.15, 0.2) is 60.7 Å². The first-order valence-electron chi connectivity index (χ1n) is 12.2. The number of nitrogens with one attached hydrogen (secondary N) is 1. The summed E-state index contributed by atoms with van der Waals surface area (Å²) in [5, 5.41) is 2.64. The van der Waals surface area contributed by atoms with Gasteiger partial charge in [-0.05, 0) is 36.0 Å². The van der Waals surface area contributed by atoms with Gasteiger partial charge in [0.15, 0.2) is 6.61 Å². The molecule has 0 radical (unpaired) electrons. The number of likely N-dealkylation sites (tertiary alicyclic amines) is 1. The number of ether oxygens (including phenoxy) is 3. The van der Waals surface area contributed by atoms with Crippen molar-refractivity contribution >= 4 is 29.4 Å². The molecule has 1 saturated heterocycles. The number of hydrogen-bond acceptors (Lipinski definition) is 7. The van der Waals surface area contributed by atoms with Crippen molar-refractivity contribution < 1.29 is 33.4 Å². The summed E-state index contributed by atoms with van der Waals surface area (Å²) >= 11 is 0. The second kappa shape index (κ2) is 10.1. The van der Waals surface area contributed by atoms with Crippen molar-refractivity contribution in [2.75, 3.05) is 26.1 Å². The number of benzene rings is 2. The number of imide groups is 1. The number of allylic oxidation sites excluding steroid dienone is 2. The number of methoxy groups -OCH3 is 2. The van der Waals surface area contributed by atoms with Crippen LogP contribution < -0.4 is 14.8 Å². The number of rotatable bonds is 9. The molecule has 0 unspecified atom stereocenters. The van der Waals surface area contributed by atoms with E-state index in [9.17, 15) is 19.2 Å². The predicted octanol–water partition coefficient (Wildman–Crippen LogP) is 2.60. The van der Waals surface area contributed by atoms with E-state index in [2.05, 4.69) is 5.32 Å². The number of carbonyl (C=O) groups is 4. The van der Waals surface area contributed by atoms with Crippen molar-refractivity contribution in [1.82, 2.24) is 4.90 Å². The number of nitrogens with zero attached hydrogens (tertiary/aromatic N) is 1. The number of hydrogen-bond donors (Lipinski definition) is 1. The third kappa shape index (κ3) is 4.57. The van der Waals surface area contributed by atoms with Crippen LogP contribution in [-0.4, -0.2) is 55.5 Å². The lowest BCUT2D eigenvalue weighted by atomic mass is 9.85. The smallest absolute Gasteiger partial charge is 0.330 e. The molecule has 37 heavy (non-hydrogen) atoms. The molecule has 2 aromatic rings. The molecule has 3 aliphatic rings. The Morgan fingerprint density at radius 1 is 0.973 bits per heavy atom. The monoisotopic (exact) mass is 504 g/mol. The summed E-state index contributed by atoms with van der Waals surface area (Å²) in [6, 6.07) is 12.9. The Labute approximate surface area is 214 Å². The number of amides is 3. The van der Waals surface area contributed by atoms with Crippen molar-refractivity contribution in [3.05, 3.63) is 66.2 Å². The SMILES string of the molecule is COc1ccc(OC)c(NC(=O)COC(=O)[C@H](Cc2ccccc2)N2C(=O)[C@@H]3[C@@H](C2=O)[C@H]2C=C[C@H]3C2)c1. The molecule has 1 saturated carbocycles. The molecule has 0 aromatic heterocycles. The van der Waals surface area contributed by atoms with Gasteiger partial charge in [-0.3, -0.25) is 19.3 Å². The molecular formula is C28H28N2O7. The first-order valence-corrected chi connectivity index (χ1v) is 12.2. The van der Waals surface area contributed by atoms with Crippen molar-refractivity contribution in [2.24, 2.45) is 23.7 Å². The zero-order chi connectivity index (χ0) is 26.1. The first kappa shape index (κ1) is 24.5. The van der Waals surface area contributed by atoms with Crippen LogP contribution >= 0.6 is 0 Å². The minimum Gasteiger partial charge on any atom is -0.497 e. The topological polar surface area (TPSA) is 111 Å². The molecular weight excluding hydrogens is 476 g/mol. The molecule has 2 aliphatic carbocycles. The molecule has 192 valence electrons. The molecule has 5 rings (SSSR count). The van der Waals surface area contributed by atoms with Gasteiger partial charge in [-0.1, -0.05) is 42.5 Å². The Morgan fingerprint density at radius 3 is 2.27 bits per heavy atom.